The van der Waals surface area contributed by atoms with E-state index < -0.39 is 0 Å². The molecule has 5 heterocycles. The van der Waals surface area contributed by atoms with Crippen LogP contribution >= 0.6 is 11.3 Å². The molecule has 0 aliphatic carbocycles. The predicted molar refractivity (Wildman–Crippen MR) is 121 cm³/mol. The summed E-state index contributed by atoms with van der Waals surface area (Å²) < 4.78 is 1.78. The number of carbonyl (C=O) groups excluding carboxylic acids is 1. The fourth-order valence-corrected chi connectivity index (χ4v) is 4.87. The van der Waals surface area contributed by atoms with Crippen LogP contribution in [0.25, 0.3) is 16.2 Å². The number of anilines is 1. The lowest BCUT2D eigenvalue weighted by Gasteiger charge is -2.34. The van der Waals surface area contributed by atoms with Crippen LogP contribution in [0.3, 0.4) is 0 Å². The highest BCUT2D eigenvalue weighted by Crippen LogP contribution is 2.28. The van der Waals surface area contributed by atoms with E-state index in [1.807, 2.05) is 35.2 Å². The maximum Gasteiger partial charge on any atom is 0.257 e. The first kappa shape index (κ1) is 19.6. The average molecular weight is 434 g/mol. The van der Waals surface area contributed by atoms with Gasteiger partial charge < -0.3 is 9.80 Å². The average Bonchev–Trinajstić information content (AvgIpc) is 3.44. The molecule has 0 aromatic carbocycles. The number of pyridine rings is 2. The first-order chi connectivity index (χ1) is 15.1. The molecule has 8 nitrogen and oxygen atoms in total. The lowest BCUT2D eigenvalue weighted by atomic mass is 10.0. The minimum atomic E-state index is 0.0245. The molecule has 1 saturated heterocycles. The van der Waals surface area contributed by atoms with Crippen molar-refractivity contribution >= 4 is 32.7 Å². The van der Waals surface area contributed by atoms with Crippen molar-refractivity contribution in [3.05, 3.63) is 60.2 Å². The maximum atomic E-state index is 13.4. The van der Waals surface area contributed by atoms with Crippen molar-refractivity contribution in [1.29, 1.82) is 0 Å². The molecule has 0 bridgehead atoms. The molecule has 1 fully saturated rings. The smallest absolute Gasteiger partial charge is 0.257 e. The lowest BCUT2D eigenvalue weighted by Crippen LogP contribution is -2.49. The predicted octanol–water partition coefficient (Wildman–Crippen LogP) is 3.36. The van der Waals surface area contributed by atoms with Gasteiger partial charge in [-0.15, -0.1) is 0 Å². The number of hydrogen-bond donors (Lipinski definition) is 0. The third kappa shape index (κ3) is 3.65. The molecule has 0 saturated carbocycles. The van der Waals surface area contributed by atoms with Gasteiger partial charge in [-0.2, -0.15) is 5.10 Å². The van der Waals surface area contributed by atoms with Gasteiger partial charge in [0.1, 0.15) is 10.3 Å². The zero-order valence-electron chi connectivity index (χ0n) is 17.5. The highest BCUT2D eigenvalue weighted by molar-refractivity contribution is 7.21. The summed E-state index contributed by atoms with van der Waals surface area (Å²) in [5.41, 5.74) is 2.46. The highest BCUT2D eigenvalue weighted by Gasteiger charge is 2.28. The normalized spacial score (nSPS) is 14.5. The molecule has 9 heteroatoms. The summed E-state index contributed by atoms with van der Waals surface area (Å²) in [6, 6.07) is 9.58. The van der Waals surface area contributed by atoms with E-state index in [9.17, 15) is 4.79 Å². The Bertz CT molecular complexity index is 1180. The fraction of sp³-hybridized carbons (Fsp3) is 0.318. The van der Waals surface area contributed by atoms with E-state index in [0.29, 0.717) is 18.7 Å². The van der Waals surface area contributed by atoms with E-state index in [1.54, 1.807) is 34.6 Å². The second kappa shape index (κ2) is 8.07. The number of aromatic nitrogens is 5. The number of rotatable bonds is 4. The Labute approximate surface area is 184 Å². The van der Waals surface area contributed by atoms with Crippen molar-refractivity contribution in [3.63, 3.8) is 0 Å². The molecular weight excluding hydrogens is 410 g/mol. The van der Waals surface area contributed by atoms with Crippen LogP contribution < -0.4 is 4.90 Å². The van der Waals surface area contributed by atoms with Crippen molar-refractivity contribution in [1.82, 2.24) is 29.6 Å². The van der Waals surface area contributed by atoms with Gasteiger partial charge in [-0.1, -0.05) is 31.3 Å². The molecule has 31 heavy (non-hydrogen) atoms. The van der Waals surface area contributed by atoms with Gasteiger partial charge in [0.25, 0.3) is 5.91 Å². The van der Waals surface area contributed by atoms with Crippen molar-refractivity contribution in [2.75, 3.05) is 31.1 Å². The topological polar surface area (TPSA) is 80.0 Å². The zero-order chi connectivity index (χ0) is 21.4. The molecule has 5 rings (SSSR count). The largest absolute Gasteiger partial charge is 0.344 e. The quantitative estimate of drug-likeness (QED) is 0.491. The van der Waals surface area contributed by atoms with Crippen LogP contribution in [-0.2, 0) is 0 Å². The van der Waals surface area contributed by atoms with Gasteiger partial charge >= 0.3 is 0 Å². The first-order valence-corrected chi connectivity index (χ1v) is 11.2. The Morgan fingerprint density at radius 3 is 2.55 bits per heavy atom. The monoisotopic (exact) mass is 433 g/mol. The molecule has 1 amide bonds. The van der Waals surface area contributed by atoms with E-state index in [1.165, 1.54) is 0 Å². The Balaban J connectivity index is 1.34. The van der Waals surface area contributed by atoms with Crippen LogP contribution in [0.1, 0.15) is 35.8 Å². The van der Waals surface area contributed by atoms with Crippen molar-refractivity contribution in [3.8, 4) is 5.82 Å². The van der Waals surface area contributed by atoms with E-state index in [0.717, 1.165) is 40.1 Å². The third-order valence-electron chi connectivity index (χ3n) is 5.44. The fourth-order valence-electron chi connectivity index (χ4n) is 3.90. The SMILES string of the molecule is CC(C)c1c(C(=O)N2CCN(c3nc4cccnc4s3)CC2)cnn1-c1ccccn1. The molecule has 0 atom stereocenters. The molecule has 4 aromatic rings. The number of fused-ring (bicyclic) bond motifs is 1. The van der Waals surface area contributed by atoms with Gasteiger partial charge in [0.15, 0.2) is 10.9 Å². The van der Waals surface area contributed by atoms with Crippen LogP contribution in [0, 0.1) is 0 Å². The van der Waals surface area contributed by atoms with Gasteiger partial charge in [0, 0.05) is 38.6 Å². The number of piperazine rings is 1. The standard InChI is InChI=1S/C22H23N7OS/c1-15(2)19-16(14-25-29(19)18-7-3-4-8-23-18)21(30)27-10-12-28(13-11-27)22-26-17-6-5-9-24-20(17)31-22/h3-9,14-15H,10-13H2,1-2H3. The zero-order valence-corrected chi connectivity index (χ0v) is 18.3. The number of hydrogen-bond acceptors (Lipinski definition) is 7. The molecule has 1 aliphatic heterocycles. The number of amides is 1. The van der Waals surface area contributed by atoms with Crippen molar-refractivity contribution in [2.24, 2.45) is 0 Å². The van der Waals surface area contributed by atoms with Gasteiger partial charge in [-0.05, 0) is 30.2 Å². The van der Waals surface area contributed by atoms with Gasteiger partial charge in [0.2, 0.25) is 0 Å². The Morgan fingerprint density at radius 1 is 1.03 bits per heavy atom. The Hall–Kier alpha value is -3.33. The summed E-state index contributed by atoms with van der Waals surface area (Å²) in [4.78, 5) is 31.9. The molecule has 1 aliphatic rings. The Kier molecular flexibility index (Phi) is 5.11. The van der Waals surface area contributed by atoms with Gasteiger partial charge in [0.05, 0.1) is 17.5 Å². The summed E-state index contributed by atoms with van der Waals surface area (Å²) in [5.74, 6) is 0.885. The summed E-state index contributed by atoms with van der Waals surface area (Å²) in [7, 11) is 0. The molecule has 0 N–H and O–H groups in total. The Morgan fingerprint density at radius 2 is 1.84 bits per heavy atom. The second-order valence-electron chi connectivity index (χ2n) is 7.80. The number of nitrogens with zero attached hydrogens (tertiary/aromatic N) is 7. The van der Waals surface area contributed by atoms with E-state index in [4.69, 9.17) is 4.98 Å². The van der Waals surface area contributed by atoms with Crippen molar-refractivity contribution in [2.45, 2.75) is 19.8 Å². The minimum absolute atomic E-state index is 0.0245. The van der Waals surface area contributed by atoms with Crippen LogP contribution in [-0.4, -0.2) is 61.7 Å². The number of carbonyl (C=O) groups is 1. The third-order valence-corrected chi connectivity index (χ3v) is 6.48. The van der Waals surface area contributed by atoms with E-state index >= 15 is 0 Å². The van der Waals surface area contributed by atoms with Crippen LogP contribution in [0.5, 0.6) is 0 Å². The second-order valence-corrected chi connectivity index (χ2v) is 8.76. The van der Waals surface area contributed by atoms with Crippen LogP contribution in [0.2, 0.25) is 0 Å². The number of thiazole rings is 1. The molecular formula is C22H23N7OS. The van der Waals surface area contributed by atoms with Gasteiger partial charge in [-0.25, -0.2) is 19.6 Å². The first-order valence-electron chi connectivity index (χ1n) is 10.4. The van der Waals surface area contributed by atoms with Crippen molar-refractivity contribution < 1.29 is 4.79 Å². The van der Waals surface area contributed by atoms with E-state index in [-0.39, 0.29) is 11.8 Å². The summed E-state index contributed by atoms with van der Waals surface area (Å²) in [5, 5.41) is 5.46. The summed E-state index contributed by atoms with van der Waals surface area (Å²) >= 11 is 1.60. The minimum Gasteiger partial charge on any atom is -0.344 e. The van der Waals surface area contributed by atoms with Crippen LogP contribution in [0.4, 0.5) is 5.13 Å². The summed E-state index contributed by atoms with van der Waals surface area (Å²) in [6.07, 6.45) is 5.20. The molecule has 0 spiro atoms. The molecule has 4 aromatic heterocycles. The summed E-state index contributed by atoms with van der Waals surface area (Å²) in [6.45, 7) is 6.94. The maximum absolute atomic E-state index is 13.4. The molecule has 0 unspecified atom stereocenters. The highest BCUT2D eigenvalue weighted by atomic mass is 32.1. The lowest BCUT2D eigenvalue weighted by molar-refractivity contribution is 0.0745. The van der Waals surface area contributed by atoms with E-state index in [2.05, 4.69) is 33.8 Å². The van der Waals surface area contributed by atoms with Gasteiger partial charge in [-0.3, -0.25) is 4.79 Å². The molecule has 158 valence electrons. The molecule has 0 radical (unpaired) electrons. The van der Waals surface area contributed by atoms with Crippen LogP contribution in [0.15, 0.2) is 48.9 Å².